The monoisotopic (exact) mass is 952 g/mol. The Morgan fingerprint density at radius 3 is 1.34 bits per heavy atom. The zero-order valence-corrected chi connectivity index (χ0v) is 33.9. The van der Waals surface area contributed by atoms with Crippen molar-refractivity contribution < 1.29 is 129 Å². The quantitative estimate of drug-likeness (QED) is 0.0630. The Hall–Kier alpha value is -9.59. The standard InChI is InChI=1S/C42H32O26/c1-62-23-9-15-26(33(56)31(23)54)25-14(8-22(49)30(53)32(25)55)41(61)65-34-24(10-63-40(15)60)64-42(68-39(59)13-6-20(47)29(52)21(48)7-13)36(67-38(58)12-4-18(45)28(51)19(46)5-12)35(34)66-37(57)11-2-16(43)27(50)17(44)3-11/h2-9,24,34-36,42-56H,10H2,1H3/t24?,34-,35+,36?,42+/m1/s1. The van der Waals surface area contributed by atoms with Crippen LogP contribution in [0.15, 0.2) is 48.5 Å². The van der Waals surface area contributed by atoms with Crippen LogP contribution in [0.4, 0.5) is 0 Å². The van der Waals surface area contributed by atoms with E-state index in [-0.39, 0.29) is 0 Å². The van der Waals surface area contributed by atoms with Crippen molar-refractivity contribution in [3.8, 4) is 97.4 Å². The molecule has 0 aromatic heterocycles. The lowest BCUT2D eigenvalue weighted by Gasteiger charge is -2.43. The topological polar surface area (TPSA) is 433 Å². The Morgan fingerprint density at radius 2 is 0.882 bits per heavy atom. The number of esters is 5. The first-order valence-electron chi connectivity index (χ1n) is 18.8. The molecule has 356 valence electrons. The molecule has 5 aromatic carbocycles. The van der Waals surface area contributed by atoms with Crippen molar-refractivity contribution in [3.05, 3.63) is 76.3 Å². The molecule has 26 nitrogen and oxygen atoms in total. The average molecular weight is 953 g/mol. The van der Waals surface area contributed by atoms with Crippen molar-refractivity contribution in [2.24, 2.45) is 0 Å². The van der Waals surface area contributed by atoms with E-state index in [2.05, 4.69) is 0 Å². The van der Waals surface area contributed by atoms with Gasteiger partial charge in [-0.3, -0.25) is 0 Å². The zero-order chi connectivity index (χ0) is 49.8. The summed E-state index contributed by atoms with van der Waals surface area (Å²) in [4.78, 5) is 70.1. The van der Waals surface area contributed by atoms with Gasteiger partial charge >= 0.3 is 29.8 Å². The fourth-order valence-corrected chi connectivity index (χ4v) is 6.92. The maximum atomic E-state index is 14.5. The third-order valence-corrected chi connectivity index (χ3v) is 10.2. The minimum absolute atomic E-state index is 0.441. The number of benzene rings is 5. The number of rotatable bonds is 7. The second kappa shape index (κ2) is 17.4. The highest BCUT2D eigenvalue weighted by Gasteiger charge is 2.55. The van der Waals surface area contributed by atoms with Crippen LogP contribution in [0.1, 0.15) is 51.8 Å². The van der Waals surface area contributed by atoms with Crippen LogP contribution < -0.4 is 4.74 Å². The molecule has 0 bridgehead atoms. The van der Waals surface area contributed by atoms with E-state index in [0.717, 1.165) is 13.2 Å². The van der Waals surface area contributed by atoms with Crippen molar-refractivity contribution >= 4 is 29.8 Å². The summed E-state index contributed by atoms with van der Waals surface area (Å²) in [7, 11) is 0.992. The number of methoxy groups -OCH3 is 1. The van der Waals surface area contributed by atoms with E-state index in [1.807, 2.05) is 0 Å². The molecule has 2 aliphatic heterocycles. The number of cyclic esters (lactones) is 1. The van der Waals surface area contributed by atoms with Gasteiger partial charge in [-0.2, -0.15) is 0 Å². The van der Waals surface area contributed by atoms with Crippen LogP contribution in [0, 0.1) is 0 Å². The van der Waals surface area contributed by atoms with E-state index in [4.69, 9.17) is 33.2 Å². The predicted molar refractivity (Wildman–Crippen MR) is 213 cm³/mol. The number of fused-ring (bicyclic) bond motifs is 4. The van der Waals surface area contributed by atoms with Crippen molar-refractivity contribution in [2.75, 3.05) is 13.7 Å². The molecule has 5 atom stereocenters. The van der Waals surface area contributed by atoms with Crippen LogP contribution in [0.2, 0.25) is 0 Å². The number of hydrogen-bond donors (Lipinski definition) is 14. The number of aromatic hydroxyl groups is 14. The third kappa shape index (κ3) is 8.19. The van der Waals surface area contributed by atoms with Gasteiger partial charge in [-0.25, -0.2) is 24.0 Å². The SMILES string of the molecule is COc1cc2c(c(O)c1O)-c1c(cc(O)c(O)c1O)C(=O)O[C@@H]1C(COC2=O)O[C@@H](OC(=O)c2cc(O)c(O)c(O)c2)C(OC(=O)c2cc(O)c(O)c(O)c2)[C@H]1OC(=O)c1cc(O)c(O)c(O)c1. The van der Waals surface area contributed by atoms with E-state index in [9.17, 15) is 95.5 Å². The van der Waals surface area contributed by atoms with E-state index < -0.39 is 192 Å². The van der Waals surface area contributed by atoms with Crippen molar-refractivity contribution in [1.82, 2.24) is 0 Å². The van der Waals surface area contributed by atoms with Gasteiger partial charge in [0, 0.05) is 11.1 Å². The number of carbonyl (C=O) groups is 5. The molecule has 0 spiro atoms. The van der Waals surface area contributed by atoms with Crippen LogP contribution in [0.5, 0.6) is 86.2 Å². The Bertz CT molecular complexity index is 2890. The van der Waals surface area contributed by atoms with Gasteiger partial charge in [-0.1, -0.05) is 0 Å². The average Bonchev–Trinajstić information content (AvgIpc) is 3.30. The van der Waals surface area contributed by atoms with Crippen LogP contribution in [0.25, 0.3) is 11.1 Å². The molecule has 0 amide bonds. The number of phenols is 14. The van der Waals surface area contributed by atoms with Crippen LogP contribution in [-0.2, 0) is 28.4 Å². The summed E-state index contributed by atoms with van der Waals surface area (Å²) in [6, 6.07) is 4.52. The van der Waals surface area contributed by atoms with Gasteiger partial charge in [0.25, 0.3) is 0 Å². The summed E-state index contributed by atoms with van der Waals surface area (Å²) in [5, 5.41) is 145. The summed E-state index contributed by atoms with van der Waals surface area (Å²) in [6.45, 7) is -1.22. The van der Waals surface area contributed by atoms with Gasteiger partial charge in [-0.15, -0.1) is 0 Å². The van der Waals surface area contributed by atoms with Crippen molar-refractivity contribution in [3.63, 3.8) is 0 Å². The molecule has 26 heteroatoms. The molecule has 0 aliphatic carbocycles. The van der Waals surface area contributed by atoms with Gasteiger partial charge in [0.2, 0.25) is 23.9 Å². The van der Waals surface area contributed by atoms with Gasteiger partial charge < -0.3 is 105 Å². The predicted octanol–water partition coefficient (Wildman–Crippen LogP) is 1.97. The molecule has 5 aromatic rings. The summed E-state index contributed by atoms with van der Waals surface area (Å²) in [5.41, 5.74) is -6.26. The van der Waals surface area contributed by atoms with Gasteiger partial charge in [-0.05, 0) is 48.5 Å². The molecule has 7 rings (SSSR count). The van der Waals surface area contributed by atoms with Crippen LogP contribution >= 0.6 is 0 Å². The number of ether oxygens (including phenoxy) is 7. The van der Waals surface area contributed by atoms with Crippen LogP contribution in [0.3, 0.4) is 0 Å². The molecule has 2 aliphatic rings. The Balaban J connectivity index is 1.45. The minimum atomic E-state index is -2.54. The Kier molecular flexibility index (Phi) is 11.9. The van der Waals surface area contributed by atoms with Gasteiger partial charge in [0.15, 0.2) is 87.0 Å². The second-order valence-corrected chi connectivity index (χ2v) is 14.5. The highest BCUT2D eigenvalue weighted by atomic mass is 16.7. The number of carbonyl (C=O) groups excluding carboxylic acids is 5. The molecular formula is C42H32O26. The fraction of sp³-hybridized carbons (Fsp3) is 0.167. The Labute approximate surface area is 376 Å². The molecule has 1 fully saturated rings. The van der Waals surface area contributed by atoms with Crippen LogP contribution in [-0.4, -0.2) is 146 Å². The second-order valence-electron chi connectivity index (χ2n) is 14.5. The lowest BCUT2D eigenvalue weighted by atomic mass is 9.91. The highest BCUT2D eigenvalue weighted by Crippen LogP contribution is 2.53. The summed E-state index contributed by atoms with van der Waals surface area (Å²) in [5.74, 6) is -25.1. The zero-order valence-electron chi connectivity index (χ0n) is 33.9. The van der Waals surface area contributed by atoms with Gasteiger partial charge in [0.1, 0.15) is 12.7 Å². The first-order valence-corrected chi connectivity index (χ1v) is 18.8. The third-order valence-electron chi connectivity index (χ3n) is 10.2. The maximum Gasteiger partial charge on any atom is 0.340 e. The molecule has 0 saturated carbocycles. The summed E-state index contributed by atoms with van der Waals surface area (Å²) < 4.78 is 38.7. The largest absolute Gasteiger partial charge is 0.504 e. The molecule has 1 saturated heterocycles. The molecular weight excluding hydrogens is 920 g/mol. The highest BCUT2D eigenvalue weighted by molar-refractivity contribution is 6.08. The number of hydrogen-bond acceptors (Lipinski definition) is 26. The van der Waals surface area contributed by atoms with E-state index in [1.165, 1.54) is 0 Å². The summed E-state index contributed by atoms with van der Waals surface area (Å²) >= 11 is 0. The van der Waals surface area contributed by atoms with Crippen molar-refractivity contribution in [1.29, 1.82) is 0 Å². The molecule has 68 heavy (non-hydrogen) atoms. The first kappa shape index (κ1) is 46.4. The molecule has 0 radical (unpaired) electrons. The molecule has 14 N–H and O–H groups in total. The smallest absolute Gasteiger partial charge is 0.340 e. The number of phenolic OH excluding ortho intramolecular Hbond substituents is 14. The normalized spacial score (nSPS) is 18.8. The van der Waals surface area contributed by atoms with E-state index in [1.54, 1.807) is 0 Å². The molecule has 2 unspecified atom stereocenters. The maximum absolute atomic E-state index is 14.5. The first-order chi connectivity index (χ1) is 32.0. The lowest BCUT2D eigenvalue weighted by molar-refractivity contribution is -0.282. The fourth-order valence-electron chi connectivity index (χ4n) is 6.92. The lowest BCUT2D eigenvalue weighted by Crippen LogP contribution is -2.63. The molecule has 2 heterocycles. The minimum Gasteiger partial charge on any atom is -0.504 e. The summed E-state index contributed by atoms with van der Waals surface area (Å²) in [6.07, 6.45) is -12.1. The van der Waals surface area contributed by atoms with E-state index in [0.29, 0.717) is 42.5 Å². The van der Waals surface area contributed by atoms with Gasteiger partial charge in [0.05, 0.1) is 34.9 Å². The van der Waals surface area contributed by atoms with E-state index >= 15 is 0 Å². The Morgan fingerprint density at radius 1 is 0.485 bits per heavy atom. The van der Waals surface area contributed by atoms with Crippen molar-refractivity contribution in [2.45, 2.75) is 30.7 Å².